The molecule has 3 heterocycles. The van der Waals surface area contributed by atoms with E-state index in [2.05, 4.69) is 23.7 Å². The van der Waals surface area contributed by atoms with E-state index in [4.69, 9.17) is 4.74 Å². The number of hydrogen-bond acceptors (Lipinski definition) is 3. The Labute approximate surface area is 146 Å². The average molecular weight is 335 g/mol. The lowest BCUT2D eigenvalue weighted by Crippen LogP contribution is -2.49. The third kappa shape index (κ3) is 4.73. The minimum atomic E-state index is 0.155. The van der Waals surface area contributed by atoms with Gasteiger partial charge in [-0.3, -0.25) is 4.90 Å². The molecular formula is C19H33N3O2. The van der Waals surface area contributed by atoms with Crippen molar-refractivity contribution in [3.05, 3.63) is 12.2 Å². The highest BCUT2D eigenvalue weighted by atomic mass is 16.5. The third-order valence-electron chi connectivity index (χ3n) is 5.85. The summed E-state index contributed by atoms with van der Waals surface area (Å²) >= 11 is 0. The molecule has 24 heavy (non-hydrogen) atoms. The van der Waals surface area contributed by atoms with Crippen LogP contribution in [0.3, 0.4) is 0 Å². The molecule has 0 saturated carbocycles. The maximum absolute atomic E-state index is 12.6. The van der Waals surface area contributed by atoms with Gasteiger partial charge in [-0.2, -0.15) is 0 Å². The van der Waals surface area contributed by atoms with Crippen molar-refractivity contribution in [3.8, 4) is 0 Å². The fourth-order valence-electron chi connectivity index (χ4n) is 4.43. The maximum atomic E-state index is 12.6. The fourth-order valence-corrected chi connectivity index (χ4v) is 4.43. The van der Waals surface area contributed by atoms with Gasteiger partial charge in [-0.25, -0.2) is 4.79 Å². The minimum absolute atomic E-state index is 0.155. The molecule has 0 aromatic carbocycles. The van der Waals surface area contributed by atoms with Crippen LogP contribution in [0, 0.1) is 11.8 Å². The Morgan fingerprint density at radius 2 is 1.79 bits per heavy atom. The van der Waals surface area contributed by atoms with E-state index in [-0.39, 0.29) is 6.03 Å². The number of ether oxygens (including phenoxy) is 1. The molecule has 0 spiro atoms. The van der Waals surface area contributed by atoms with Gasteiger partial charge in [-0.1, -0.05) is 12.2 Å². The van der Waals surface area contributed by atoms with Crippen molar-refractivity contribution < 1.29 is 9.53 Å². The first-order valence-corrected chi connectivity index (χ1v) is 9.61. The Balaban J connectivity index is 1.39. The lowest BCUT2D eigenvalue weighted by atomic mass is 9.85. The summed E-state index contributed by atoms with van der Waals surface area (Å²) < 4.78 is 5.46. The van der Waals surface area contributed by atoms with Crippen LogP contribution in [0.25, 0.3) is 0 Å². The smallest absolute Gasteiger partial charge is 0.317 e. The largest absolute Gasteiger partial charge is 0.381 e. The molecule has 5 nitrogen and oxygen atoms in total. The van der Waals surface area contributed by atoms with Gasteiger partial charge in [0.2, 0.25) is 0 Å². The second-order valence-electron chi connectivity index (χ2n) is 7.90. The zero-order chi connectivity index (χ0) is 16.9. The van der Waals surface area contributed by atoms with Crippen LogP contribution in [-0.4, -0.2) is 67.8 Å². The molecule has 0 aliphatic carbocycles. The molecule has 0 aromatic heterocycles. The first kappa shape index (κ1) is 17.7. The van der Waals surface area contributed by atoms with E-state index >= 15 is 0 Å². The summed E-state index contributed by atoms with van der Waals surface area (Å²) in [5.41, 5.74) is 1.22. The van der Waals surface area contributed by atoms with Crippen LogP contribution in [0.2, 0.25) is 0 Å². The number of amides is 2. The molecule has 0 unspecified atom stereocenters. The average Bonchev–Trinajstić information content (AvgIpc) is 3.07. The molecule has 3 aliphatic heterocycles. The summed E-state index contributed by atoms with van der Waals surface area (Å²) in [5.74, 6) is 1.43. The van der Waals surface area contributed by atoms with Gasteiger partial charge in [0.05, 0.1) is 0 Å². The van der Waals surface area contributed by atoms with Crippen molar-refractivity contribution in [2.45, 2.75) is 45.1 Å². The van der Waals surface area contributed by atoms with E-state index in [9.17, 15) is 4.79 Å². The molecule has 0 aromatic rings. The molecule has 0 radical (unpaired) electrons. The number of carbonyl (C=O) groups is 1. The summed E-state index contributed by atoms with van der Waals surface area (Å²) in [6.07, 6.45) is 5.60. The van der Waals surface area contributed by atoms with Crippen molar-refractivity contribution in [2.75, 3.05) is 45.9 Å². The van der Waals surface area contributed by atoms with Gasteiger partial charge in [0.25, 0.3) is 0 Å². The van der Waals surface area contributed by atoms with Crippen LogP contribution >= 0.6 is 0 Å². The molecule has 2 amide bonds. The van der Waals surface area contributed by atoms with E-state index in [1.54, 1.807) is 0 Å². The molecule has 3 rings (SSSR count). The Morgan fingerprint density at radius 3 is 2.46 bits per heavy atom. The summed E-state index contributed by atoms with van der Waals surface area (Å²) in [6, 6.07) is 0.490. The summed E-state index contributed by atoms with van der Waals surface area (Å²) in [5, 5.41) is 3.27. The highest BCUT2D eigenvalue weighted by molar-refractivity contribution is 5.74. The topological polar surface area (TPSA) is 44.8 Å². The highest BCUT2D eigenvalue weighted by Crippen LogP contribution is 2.31. The van der Waals surface area contributed by atoms with Gasteiger partial charge in [0.1, 0.15) is 0 Å². The van der Waals surface area contributed by atoms with Crippen LogP contribution in [0.4, 0.5) is 4.79 Å². The highest BCUT2D eigenvalue weighted by Gasteiger charge is 2.33. The van der Waals surface area contributed by atoms with Crippen LogP contribution in [-0.2, 0) is 4.74 Å². The molecule has 3 fully saturated rings. The number of likely N-dealkylation sites (tertiary alicyclic amines) is 2. The molecule has 0 bridgehead atoms. The molecule has 136 valence electrons. The van der Waals surface area contributed by atoms with Crippen molar-refractivity contribution in [3.63, 3.8) is 0 Å². The first-order valence-electron chi connectivity index (χ1n) is 9.61. The van der Waals surface area contributed by atoms with Gasteiger partial charge in [-0.15, -0.1) is 0 Å². The van der Waals surface area contributed by atoms with Gasteiger partial charge >= 0.3 is 6.03 Å². The number of nitrogens with zero attached hydrogens (tertiary/aromatic N) is 2. The van der Waals surface area contributed by atoms with Crippen molar-refractivity contribution >= 4 is 6.03 Å². The van der Waals surface area contributed by atoms with Gasteiger partial charge in [-0.05, 0) is 50.9 Å². The number of hydrogen-bond donors (Lipinski definition) is 1. The van der Waals surface area contributed by atoms with E-state index in [1.807, 2.05) is 4.90 Å². The predicted molar refractivity (Wildman–Crippen MR) is 96.0 cm³/mol. The molecule has 1 N–H and O–H groups in total. The third-order valence-corrected chi connectivity index (χ3v) is 5.85. The zero-order valence-electron chi connectivity index (χ0n) is 15.1. The molecule has 5 heteroatoms. The van der Waals surface area contributed by atoms with Gasteiger partial charge in [0.15, 0.2) is 0 Å². The van der Waals surface area contributed by atoms with Crippen LogP contribution in [0.5, 0.6) is 0 Å². The number of rotatable bonds is 4. The van der Waals surface area contributed by atoms with Crippen LogP contribution in [0.1, 0.15) is 39.0 Å². The normalized spacial score (nSPS) is 27.4. The number of urea groups is 1. The van der Waals surface area contributed by atoms with E-state index in [0.29, 0.717) is 12.0 Å². The molecular weight excluding hydrogens is 302 g/mol. The second-order valence-corrected chi connectivity index (χ2v) is 7.90. The number of carbonyl (C=O) groups excluding carboxylic acids is 1. The van der Waals surface area contributed by atoms with Crippen LogP contribution in [0.15, 0.2) is 12.2 Å². The lowest BCUT2D eigenvalue weighted by Gasteiger charge is -2.33. The second kappa shape index (κ2) is 8.34. The SMILES string of the molecule is C=C(C)CN1CCC(NC(=O)N2CC[C@@H](C3CCOCC3)C2)CC1. The number of nitrogens with one attached hydrogen (secondary N) is 1. The van der Waals surface area contributed by atoms with E-state index in [0.717, 1.165) is 71.1 Å². The summed E-state index contributed by atoms with van der Waals surface area (Å²) in [4.78, 5) is 17.0. The van der Waals surface area contributed by atoms with Gasteiger partial charge in [0, 0.05) is 52.0 Å². The lowest BCUT2D eigenvalue weighted by molar-refractivity contribution is 0.0484. The van der Waals surface area contributed by atoms with E-state index in [1.165, 1.54) is 18.4 Å². The van der Waals surface area contributed by atoms with Crippen molar-refractivity contribution in [1.29, 1.82) is 0 Å². The standard InChI is InChI=1S/C19H33N3O2/c1-15(2)13-21-8-4-18(5-9-21)20-19(23)22-10-3-17(14-22)16-6-11-24-12-7-16/h16-18H,1,3-14H2,2H3,(H,20,23)/t17-/m1/s1. The Morgan fingerprint density at radius 1 is 1.08 bits per heavy atom. The quantitative estimate of drug-likeness (QED) is 0.803. The molecule has 1 atom stereocenters. The fraction of sp³-hybridized carbons (Fsp3) is 0.842. The maximum Gasteiger partial charge on any atom is 0.317 e. The summed E-state index contributed by atoms with van der Waals surface area (Å²) in [7, 11) is 0. The van der Waals surface area contributed by atoms with Crippen molar-refractivity contribution in [1.82, 2.24) is 15.1 Å². The van der Waals surface area contributed by atoms with E-state index < -0.39 is 0 Å². The Hall–Kier alpha value is -1.07. The Bertz CT molecular complexity index is 440. The predicted octanol–water partition coefficient (Wildman–Crippen LogP) is 2.49. The zero-order valence-corrected chi connectivity index (χ0v) is 15.1. The Kier molecular flexibility index (Phi) is 6.17. The van der Waals surface area contributed by atoms with Crippen LogP contribution < -0.4 is 5.32 Å². The summed E-state index contributed by atoms with van der Waals surface area (Å²) in [6.45, 7) is 12.8. The first-order chi connectivity index (χ1) is 11.6. The van der Waals surface area contributed by atoms with Crippen molar-refractivity contribution in [2.24, 2.45) is 11.8 Å². The molecule has 3 aliphatic rings. The number of piperidine rings is 1. The minimum Gasteiger partial charge on any atom is -0.381 e. The van der Waals surface area contributed by atoms with Gasteiger partial charge < -0.3 is 15.0 Å². The monoisotopic (exact) mass is 335 g/mol. The molecule has 3 saturated heterocycles.